The van der Waals surface area contributed by atoms with E-state index in [1.165, 1.54) is 23.3 Å². The molecule has 0 amide bonds. The van der Waals surface area contributed by atoms with Gasteiger partial charge in [0.2, 0.25) is 10.0 Å². The molecule has 0 radical (unpaired) electrons. The number of aromatic nitrogens is 3. The molecule has 0 saturated carbocycles. The minimum atomic E-state index is -3.80. The zero-order valence-electron chi connectivity index (χ0n) is 11.2. The zero-order valence-corrected chi connectivity index (χ0v) is 12.0. The summed E-state index contributed by atoms with van der Waals surface area (Å²) in [5.74, 6) is -1.17. The monoisotopic (exact) mass is 310 g/mol. The Kier molecular flexibility index (Phi) is 4.34. The molecule has 0 fully saturated rings. The number of carboxylic acids is 1. The van der Waals surface area contributed by atoms with Crippen molar-refractivity contribution in [3.8, 4) is 0 Å². The van der Waals surface area contributed by atoms with Crippen LogP contribution in [0.5, 0.6) is 0 Å². The topological polar surface area (TPSA) is 114 Å². The van der Waals surface area contributed by atoms with Gasteiger partial charge in [0.1, 0.15) is 16.9 Å². The third-order valence-electron chi connectivity index (χ3n) is 2.83. The van der Waals surface area contributed by atoms with Gasteiger partial charge in [-0.2, -0.15) is 0 Å². The summed E-state index contributed by atoms with van der Waals surface area (Å²) < 4.78 is 28.0. The van der Waals surface area contributed by atoms with Gasteiger partial charge in [-0.05, 0) is 19.1 Å². The summed E-state index contributed by atoms with van der Waals surface area (Å²) in [6.45, 7) is 2.10. The molecule has 0 spiro atoms. The molecule has 2 aromatic rings. The van der Waals surface area contributed by atoms with Gasteiger partial charge >= 0.3 is 5.97 Å². The van der Waals surface area contributed by atoms with Crippen molar-refractivity contribution in [3.63, 3.8) is 0 Å². The van der Waals surface area contributed by atoms with E-state index in [1.807, 2.05) is 0 Å². The number of aryl methyl sites for hydroxylation is 1. The number of nitrogens with one attached hydrogen (secondary N) is 1. The smallest absolute Gasteiger partial charge is 0.352 e. The lowest BCUT2D eigenvalue weighted by molar-refractivity contribution is 0.0685. The van der Waals surface area contributed by atoms with Crippen molar-refractivity contribution < 1.29 is 18.3 Å². The van der Waals surface area contributed by atoms with Crippen molar-refractivity contribution in [2.24, 2.45) is 0 Å². The highest BCUT2D eigenvalue weighted by Crippen LogP contribution is 2.15. The Bertz CT molecular complexity index is 740. The average Bonchev–Trinajstić information content (AvgIpc) is 2.92. The first-order valence-corrected chi connectivity index (χ1v) is 7.60. The molecule has 0 atom stereocenters. The van der Waals surface area contributed by atoms with E-state index in [4.69, 9.17) is 5.11 Å². The molecule has 0 saturated heterocycles. The summed E-state index contributed by atoms with van der Waals surface area (Å²) in [7, 11) is -3.80. The molecule has 2 aromatic heterocycles. The first-order chi connectivity index (χ1) is 9.94. The Morgan fingerprint density at radius 3 is 2.76 bits per heavy atom. The molecule has 112 valence electrons. The molecule has 0 unspecified atom stereocenters. The second-order valence-electron chi connectivity index (χ2n) is 4.18. The summed E-state index contributed by atoms with van der Waals surface area (Å²) in [4.78, 5) is 18.6. The van der Waals surface area contributed by atoms with Crippen molar-refractivity contribution in [2.45, 2.75) is 24.9 Å². The maximum Gasteiger partial charge on any atom is 0.352 e. The lowest BCUT2D eigenvalue weighted by atomic mass is 10.4. The molecule has 2 rings (SSSR count). The molecule has 0 aromatic carbocycles. The van der Waals surface area contributed by atoms with Crippen molar-refractivity contribution in [1.82, 2.24) is 19.3 Å². The van der Waals surface area contributed by atoms with Crippen LogP contribution in [0.15, 0.2) is 35.7 Å². The fourth-order valence-electron chi connectivity index (χ4n) is 1.75. The van der Waals surface area contributed by atoms with E-state index in [9.17, 15) is 13.2 Å². The molecule has 21 heavy (non-hydrogen) atoms. The molecule has 2 heterocycles. The number of nitrogens with zero attached hydrogens (tertiary/aromatic N) is 3. The van der Waals surface area contributed by atoms with Crippen LogP contribution in [0.4, 0.5) is 0 Å². The summed E-state index contributed by atoms with van der Waals surface area (Å²) in [6, 6.07) is 2.72. The van der Waals surface area contributed by atoms with Crippen LogP contribution < -0.4 is 4.72 Å². The first kappa shape index (κ1) is 15.1. The van der Waals surface area contributed by atoms with Crippen molar-refractivity contribution in [1.29, 1.82) is 0 Å². The Hall–Kier alpha value is -2.26. The Balaban J connectivity index is 2.22. The molecule has 2 N–H and O–H groups in total. The maximum absolute atomic E-state index is 12.1. The third-order valence-corrected chi connectivity index (χ3v) is 4.20. The summed E-state index contributed by atoms with van der Waals surface area (Å²) in [5, 5.41) is 9.03. The van der Waals surface area contributed by atoms with E-state index in [0.717, 1.165) is 6.07 Å². The molecular formula is C12H14N4O4S. The highest BCUT2D eigenvalue weighted by Gasteiger charge is 2.20. The number of hydrogen-bond donors (Lipinski definition) is 2. The SMILES string of the molecule is CCn1cc(S(=O)(=O)NCc2ccncn2)cc1C(=O)O. The van der Waals surface area contributed by atoms with Gasteiger partial charge in [-0.15, -0.1) is 0 Å². The Morgan fingerprint density at radius 2 is 2.24 bits per heavy atom. The van der Waals surface area contributed by atoms with Crippen LogP contribution in [0.3, 0.4) is 0 Å². The summed E-state index contributed by atoms with van der Waals surface area (Å²) in [6.07, 6.45) is 4.12. The van der Waals surface area contributed by atoms with Gasteiger partial charge in [0.05, 0.1) is 12.2 Å². The second kappa shape index (κ2) is 6.02. The highest BCUT2D eigenvalue weighted by molar-refractivity contribution is 7.89. The van der Waals surface area contributed by atoms with Crippen LogP contribution in [0.25, 0.3) is 0 Å². The van der Waals surface area contributed by atoms with E-state index in [-0.39, 0.29) is 17.1 Å². The largest absolute Gasteiger partial charge is 0.477 e. The number of hydrogen-bond acceptors (Lipinski definition) is 5. The van der Waals surface area contributed by atoms with E-state index >= 15 is 0 Å². The number of sulfonamides is 1. The second-order valence-corrected chi connectivity index (χ2v) is 5.94. The van der Waals surface area contributed by atoms with Gasteiger partial charge in [-0.25, -0.2) is 27.9 Å². The van der Waals surface area contributed by atoms with Gasteiger partial charge in [-0.3, -0.25) is 0 Å². The van der Waals surface area contributed by atoms with Gasteiger partial charge in [0, 0.05) is 18.9 Å². The van der Waals surface area contributed by atoms with Crippen LogP contribution >= 0.6 is 0 Å². The molecule has 0 aliphatic carbocycles. The van der Waals surface area contributed by atoms with E-state index in [0.29, 0.717) is 12.2 Å². The lowest BCUT2D eigenvalue weighted by Gasteiger charge is -2.04. The number of carbonyl (C=O) groups is 1. The fourth-order valence-corrected chi connectivity index (χ4v) is 2.78. The van der Waals surface area contributed by atoms with Crippen LogP contribution in [0, 0.1) is 0 Å². The third kappa shape index (κ3) is 3.44. The predicted molar refractivity (Wildman–Crippen MR) is 73.1 cm³/mol. The van der Waals surface area contributed by atoms with Gasteiger partial charge in [-0.1, -0.05) is 0 Å². The van der Waals surface area contributed by atoms with Crippen molar-refractivity contribution in [3.05, 3.63) is 42.2 Å². The van der Waals surface area contributed by atoms with Gasteiger partial charge in [0.15, 0.2) is 0 Å². The number of carboxylic acid groups (broad SMARTS) is 1. The summed E-state index contributed by atoms with van der Waals surface area (Å²) in [5.41, 5.74) is 0.446. The predicted octanol–water partition coefficient (Wildman–Crippen LogP) is 0.475. The fraction of sp³-hybridized carbons (Fsp3) is 0.250. The number of aromatic carboxylic acids is 1. The van der Waals surface area contributed by atoms with Crippen LogP contribution in [0.2, 0.25) is 0 Å². The molecule has 0 bridgehead atoms. The van der Waals surface area contributed by atoms with Gasteiger partial charge in [0.25, 0.3) is 0 Å². The average molecular weight is 310 g/mol. The molecule has 8 nitrogen and oxygen atoms in total. The van der Waals surface area contributed by atoms with E-state index in [2.05, 4.69) is 14.7 Å². The minimum Gasteiger partial charge on any atom is -0.477 e. The number of rotatable bonds is 6. The zero-order chi connectivity index (χ0) is 15.5. The lowest BCUT2D eigenvalue weighted by Crippen LogP contribution is -2.23. The van der Waals surface area contributed by atoms with Crippen molar-refractivity contribution in [2.75, 3.05) is 0 Å². The molecule has 0 aliphatic heterocycles. The maximum atomic E-state index is 12.1. The summed E-state index contributed by atoms with van der Waals surface area (Å²) >= 11 is 0. The standard InChI is InChI=1S/C12H14N4O4S/c1-2-16-7-10(5-11(16)12(17)18)21(19,20)15-6-9-3-4-13-8-14-9/h3-5,7-8,15H,2,6H2,1H3,(H,17,18). The molecular weight excluding hydrogens is 296 g/mol. The molecule has 0 aliphatic rings. The van der Waals surface area contributed by atoms with Crippen LogP contribution in [-0.4, -0.2) is 34.0 Å². The van der Waals surface area contributed by atoms with E-state index in [1.54, 1.807) is 13.0 Å². The van der Waals surface area contributed by atoms with Gasteiger partial charge < -0.3 is 9.67 Å². The Morgan fingerprint density at radius 1 is 1.48 bits per heavy atom. The Labute approximate surface area is 121 Å². The quantitative estimate of drug-likeness (QED) is 0.802. The normalized spacial score (nSPS) is 11.5. The highest BCUT2D eigenvalue weighted by atomic mass is 32.2. The first-order valence-electron chi connectivity index (χ1n) is 6.12. The molecule has 9 heteroatoms. The van der Waals surface area contributed by atoms with Crippen molar-refractivity contribution >= 4 is 16.0 Å². The van der Waals surface area contributed by atoms with Crippen LogP contribution in [0.1, 0.15) is 23.1 Å². The van der Waals surface area contributed by atoms with E-state index < -0.39 is 16.0 Å². The van der Waals surface area contributed by atoms with Crippen LogP contribution in [-0.2, 0) is 23.1 Å². The minimum absolute atomic E-state index is 0.00453.